The van der Waals surface area contributed by atoms with Crippen LogP contribution in [-0.4, -0.2) is 27.4 Å². The second kappa shape index (κ2) is 6.46. The van der Waals surface area contributed by atoms with Gasteiger partial charge in [0.2, 0.25) is 5.75 Å². The van der Waals surface area contributed by atoms with E-state index in [0.29, 0.717) is 28.7 Å². The van der Waals surface area contributed by atoms with E-state index in [-0.39, 0.29) is 0 Å². The Bertz CT molecular complexity index is 460. The number of ether oxygens (including phenoxy) is 3. The number of hydrogen-bond donors (Lipinski definition) is 1. The van der Waals surface area contributed by atoms with Crippen LogP contribution in [0.4, 0.5) is 5.69 Å². The molecule has 0 spiro atoms. The Hall–Kier alpha value is -1.58. The van der Waals surface area contributed by atoms with Crippen molar-refractivity contribution in [2.24, 2.45) is 5.41 Å². The zero-order chi connectivity index (χ0) is 15.5. The molecule has 1 unspecified atom stereocenters. The van der Waals surface area contributed by atoms with Gasteiger partial charge in [0, 0.05) is 23.9 Å². The van der Waals surface area contributed by atoms with Crippen molar-refractivity contribution in [3.05, 3.63) is 12.1 Å². The predicted molar refractivity (Wildman–Crippen MR) is 85.8 cm³/mol. The zero-order valence-corrected chi connectivity index (χ0v) is 13.8. The van der Waals surface area contributed by atoms with Gasteiger partial charge in [0.05, 0.1) is 21.3 Å². The van der Waals surface area contributed by atoms with E-state index in [2.05, 4.69) is 19.2 Å². The highest BCUT2D eigenvalue weighted by Gasteiger charge is 2.32. The molecule has 4 heteroatoms. The quantitative estimate of drug-likeness (QED) is 0.887. The van der Waals surface area contributed by atoms with E-state index in [1.54, 1.807) is 21.3 Å². The van der Waals surface area contributed by atoms with Crippen molar-refractivity contribution in [1.82, 2.24) is 0 Å². The van der Waals surface area contributed by atoms with E-state index < -0.39 is 0 Å². The molecule has 118 valence electrons. The summed E-state index contributed by atoms with van der Waals surface area (Å²) in [6, 6.07) is 4.42. The van der Waals surface area contributed by atoms with Gasteiger partial charge in [0.25, 0.3) is 0 Å². The molecule has 1 N–H and O–H groups in total. The van der Waals surface area contributed by atoms with Gasteiger partial charge in [-0.25, -0.2) is 0 Å². The van der Waals surface area contributed by atoms with Crippen LogP contribution in [0.5, 0.6) is 17.2 Å². The number of anilines is 1. The fourth-order valence-corrected chi connectivity index (χ4v) is 3.13. The molecule has 1 fully saturated rings. The molecule has 1 aliphatic rings. The molecule has 1 aromatic rings. The average Bonchev–Trinajstić information content (AvgIpc) is 2.48. The molecule has 0 aliphatic heterocycles. The Morgan fingerprint density at radius 1 is 1.00 bits per heavy atom. The molecule has 0 heterocycles. The summed E-state index contributed by atoms with van der Waals surface area (Å²) in [4.78, 5) is 0. The highest BCUT2D eigenvalue weighted by atomic mass is 16.5. The maximum Gasteiger partial charge on any atom is 0.203 e. The average molecular weight is 293 g/mol. The molecule has 1 atom stereocenters. The van der Waals surface area contributed by atoms with Crippen molar-refractivity contribution < 1.29 is 14.2 Å². The smallest absolute Gasteiger partial charge is 0.203 e. The summed E-state index contributed by atoms with van der Waals surface area (Å²) in [5.41, 5.74) is 1.32. The summed E-state index contributed by atoms with van der Waals surface area (Å²) >= 11 is 0. The van der Waals surface area contributed by atoms with Gasteiger partial charge in [0.15, 0.2) is 11.5 Å². The Morgan fingerprint density at radius 3 is 2.10 bits per heavy atom. The minimum absolute atomic E-state index is 0.304. The van der Waals surface area contributed by atoms with E-state index >= 15 is 0 Å². The van der Waals surface area contributed by atoms with Gasteiger partial charge in [0.1, 0.15) is 0 Å². The van der Waals surface area contributed by atoms with Gasteiger partial charge in [-0.05, 0) is 18.3 Å². The van der Waals surface area contributed by atoms with Gasteiger partial charge >= 0.3 is 0 Å². The fourth-order valence-electron chi connectivity index (χ4n) is 3.13. The van der Waals surface area contributed by atoms with Crippen molar-refractivity contribution in [1.29, 1.82) is 0 Å². The molecule has 1 saturated carbocycles. The first-order valence-corrected chi connectivity index (χ1v) is 7.58. The third kappa shape index (κ3) is 3.36. The van der Waals surface area contributed by atoms with Gasteiger partial charge in [-0.3, -0.25) is 0 Å². The molecular formula is C17H27NO3. The van der Waals surface area contributed by atoms with Crippen molar-refractivity contribution in [3.8, 4) is 17.2 Å². The summed E-state index contributed by atoms with van der Waals surface area (Å²) in [7, 11) is 4.91. The number of methoxy groups -OCH3 is 3. The molecule has 4 nitrogen and oxygen atoms in total. The molecule has 1 aromatic carbocycles. The van der Waals surface area contributed by atoms with Crippen molar-refractivity contribution in [3.63, 3.8) is 0 Å². The number of hydrogen-bond acceptors (Lipinski definition) is 4. The van der Waals surface area contributed by atoms with Gasteiger partial charge in [-0.1, -0.05) is 26.7 Å². The second-order valence-corrected chi connectivity index (χ2v) is 6.35. The number of rotatable bonds is 5. The van der Waals surface area contributed by atoms with Crippen LogP contribution < -0.4 is 19.5 Å². The van der Waals surface area contributed by atoms with Gasteiger partial charge < -0.3 is 19.5 Å². The lowest BCUT2D eigenvalue weighted by atomic mass is 9.73. The summed E-state index contributed by atoms with van der Waals surface area (Å²) in [5.74, 6) is 2.01. The van der Waals surface area contributed by atoms with E-state index in [4.69, 9.17) is 14.2 Å². The highest BCUT2D eigenvalue weighted by molar-refractivity contribution is 5.63. The number of nitrogens with one attached hydrogen (secondary N) is 1. The summed E-state index contributed by atoms with van der Waals surface area (Å²) in [5, 5.41) is 3.66. The summed E-state index contributed by atoms with van der Waals surface area (Å²) < 4.78 is 16.2. The normalized spacial score (nSPS) is 20.7. The lowest BCUT2D eigenvalue weighted by molar-refractivity contribution is 0.217. The summed E-state index contributed by atoms with van der Waals surface area (Å²) in [6.07, 6.45) is 5.06. The topological polar surface area (TPSA) is 39.7 Å². The number of benzene rings is 1. The minimum atomic E-state index is 0.304. The maximum absolute atomic E-state index is 5.42. The Labute approximate surface area is 127 Å². The standard InChI is InChI=1S/C17H27NO3/c1-17(2)9-7-6-8-15(17)18-12-10-13(19-3)16(21-5)14(11-12)20-4/h10-11,15,18H,6-9H2,1-5H3. The monoisotopic (exact) mass is 293 g/mol. The maximum atomic E-state index is 5.42. The summed E-state index contributed by atoms with van der Waals surface area (Å²) in [6.45, 7) is 4.67. The van der Waals surface area contributed by atoms with Gasteiger partial charge in [-0.2, -0.15) is 0 Å². The second-order valence-electron chi connectivity index (χ2n) is 6.35. The van der Waals surface area contributed by atoms with E-state index in [1.165, 1.54) is 25.7 Å². The minimum Gasteiger partial charge on any atom is -0.493 e. The van der Waals surface area contributed by atoms with Gasteiger partial charge in [-0.15, -0.1) is 0 Å². The largest absolute Gasteiger partial charge is 0.493 e. The van der Waals surface area contributed by atoms with Crippen LogP contribution in [0.1, 0.15) is 39.5 Å². The molecule has 1 aliphatic carbocycles. The van der Waals surface area contributed by atoms with Crippen molar-refractivity contribution >= 4 is 5.69 Å². The Kier molecular flexibility index (Phi) is 4.86. The van der Waals surface area contributed by atoms with Crippen LogP contribution in [0.2, 0.25) is 0 Å². The molecule has 0 bridgehead atoms. The van der Waals surface area contributed by atoms with Crippen molar-refractivity contribution in [2.75, 3.05) is 26.6 Å². The van der Waals surface area contributed by atoms with Crippen LogP contribution in [0.15, 0.2) is 12.1 Å². The first-order chi connectivity index (χ1) is 10.0. The van der Waals surface area contributed by atoms with Crippen LogP contribution >= 0.6 is 0 Å². The first-order valence-electron chi connectivity index (χ1n) is 7.58. The van der Waals surface area contributed by atoms with Crippen LogP contribution in [0.3, 0.4) is 0 Å². The zero-order valence-electron chi connectivity index (χ0n) is 13.8. The van der Waals surface area contributed by atoms with Crippen LogP contribution in [0.25, 0.3) is 0 Å². The van der Waals surface area contributed by atoms with E-state index in [1.807, 2.05) is 12.1 Å². The molecule has 2 rings (SSSR count). The Morgan fingerprint density at radius 2 is 1.62 bits per heavy atom. The third-order valence-electron chi connectivity index (χ3n) is 4.51. The predicted octanol–water partition coefficient (Wildman–Crippen LogP) is 4.09. The molecule has 21 heavy (non-hydrogen) atoms. The van der Waals surface area contributed by atoms with Crippen molar-refractivity contribution in [2.45, 2.75) is 45.6 Å². The highest BCUT2D eigenvalue weighted by Crippen LogP contribution is 2.42. The lowest BCUT2D eigenvalue weighted by Gasteiger charge is -2.39. The van der Waals surface area contributed by atoms with Crippen LogP contribution in [0, 0.1) is 5.41 Å². The fraction of sp³-hybridized carbons (Fsp3) is 0.647. The molecule has 0 aromatic heterocycles. The molecule has 0 radical (unpaired) electrons. The Balaban J connectivity index is 2.27. The third-order valence-corrected chi connectivity index (χ3v) is 4.51. The van der Waals surface area contributed by atoms with E-state index in [9.17, 15) is 0 Å². The molecular weight excluding hydrogens is 266 g/mol. The SMILES string of the molecule is COc1cc(NC2CCCCC2(C)C)cc(OC)c1OC. The first kappa shape index (κ1) is 15.8. The lowest BCUT2D eigenvalue weighted by Crippen LogP contribution is -2.38. The molecule has 0 saturated heterocycles. The molecule has 0 amide bonds. The van der Waals surface area contributed by atoms with E-state index in [0.717, 1.165) is 5.69 Å². The van der Waals surface area contributed by atoms with Crippen LogP contribution in [-0.2, 0) is 0 Å².